The zero-order chi connectivity index (χ0) is 14.4. The van der Waals surface area contributed by atoms with Crippen molar-refractivity contribution in [2.45, 2.75) is 32.4 Å². The molecule has 0 aliphatic carbocycles. The van der Waals surface area contributed by atoms with Gasteiger partial charge in [0.15, 0.2) is 0 Å². The summed E-state index contributed by atoms with van der Waals surface area (Å²) in [6.45, 7) is 2.49. The number of aromatic nitrogens is 3. The summed E-state index contributed by atoms with van der Waals surface area (Å²) < 4.78 is 1.68. The molecular weight excluding hydrogens is 254 g/mol. The second-order valence-corrected chi connectivity index (χ2v) is 4.62. The summed E-state index contributed by atoms with van der Waals surface area (Å²) in [5, 5.41) is 6.89. The van der Waals surface area contributed by atoms with E-state index in [0.717, 1.165) is 17.7 Å². The van der Waals surface area contributed by atoms with Gasteiger partial charge in [0.25, 0.3) is 0 Å². The molecule has 1 aromatic heterocycles. The number of hydrogen-bond donors (Lipinski definition) is 2. The molecule has 2 aromatic rings. The lowest BCUT2D eigenvalue weighted by atomic mass is 10.1. The van der Waals surface area contributed by atoms with E-state index in [4.69, 9.17) is 5.73 Å². The van der Waals surface area contributed by atoms with E-state index < -0.39 is 6.04 Å². The van der Waals surface area contributed by atoms with Crippen LogP contribution in [0.1, 0.15) is 25.3 Å². The highest BCUT2D eigenvalue weighted by molar-refractivity contribution is 5.81. The summed E-state index contributed by atoms with van der Waals surface area (Å²) >= 11 is 0. The van der Waals surface area contributed by atoms with Gasteiger partial charge in [-0.05, 0) is 24.1 Å². The number of nitrogens with one attached hydrogen (secondary N) is 1. The molecular formula is C14H19N5O. The van der Waals surface area contributed by atoms with Gasteiger partial charge in [-0.1, -0.05) is 25.5 Å². The van der Waals surface area contributed by atoms with Crippen molar-refractivity contribution in [1.82, 2.24) is 20.1 Å². The summed E-state index contributed by atoms with van der Waals surface area (Å²) in [5.41, 5.74) is 7.70. The number of nitrogens with zero attached hydrogens (tertiary/aromatic N) is 3. The lowest BCUT2D eigenvalue weighted by molar-refractivity contribution is -0.122. The first kappa shape index (κ1) is 14.2. The van der Waals surface area contributed by atoms with Gasteiger partial charge in [-0.25, -0.2) is 9.67 Å². The highest BCUT2D eigenvalue weighted by Gasteiger charge is 2.11. The van der Waals surface area contributed by atoms with E-state index in [1.807, 2.05) is 31.2 Å². The van der Waals surface area contributed by atoms with Crippen LogP contribution in [-0.4, -0.2) is 26.7 Å². The second kappa shape index (κ2) is 6.81. The molecule has 3 N–H and O–H groups in total. The molecule has 1 amide bonds. The van der Waals surface area contributed by atoms with Crippen LogP contribution in [0.5, 0.6) is 0 Å². The summed E-state index contributed by atoms with van der Waals surface area (Å²) in [4.78, 5) is 15.6. The van der Waals surface area contributed by atoms with Crippen LogP contribution >= 0.6 is 0 Å². The molecule has 1 atom stereocenters. The van der Waals surface area contributed by atoms with Crippen molar-refractivity contribution >= 4 is 5.91 Å². The summed E-state index contributed by atoms with van der Waals surface area (Å²) in [5.74, 6) is -0.104. The molecule has 2 rings (SSSR count). The minimum Gasteiger partial charge on any atom is -0.351 e. The number of amides is 1. The molecule has 1 heterocycles. The third-order valence-corrected chi connectivity index (χ3v) is 3.02. The number of rotatable bonds is 6. The van der Waals surface area contributed by atoms with Crippen LogP contribution in [-0.2, 0) is 11.3 Å². The third kappa shape index (κ3) is 3.64. The molecule has 6 nitrogen and oxygen atoms in total. The van der Waals surface area contributed by atoms with E-state index in [0.29, 0.717) is 13.0 Å². The van der Waals surface area contributed by atoms with Crippen LogP contribution in [0, 0.1) is 0 Å². The largest absolute Gasteiger partial charge is 0.351 e. The highest BCUT2D eigenvalue weighted by Crippen LogP contribution is 2.08. The first-order valence-electron chi connectivity index (χ1n) is 6.68. The van der Waals surface area contributed by atoms with Gasteiger partial charge in [0.1, 0.15) is 12.7 Å². The van der Waals surface area contributed by atoms with Crippen LogP contribution in [0.3, 0.4) is 0 Å². The SMILES string of the molecule is CCCC(N)C(=O)NCc1ccc(-n2cncn2)cc1. The Labute approximate surface area is 118 Å². The molecule has 0 fully saturated rings. The number of carbonyl (C=O) groups is 1. The van der Waals surface area contributed by atoms with Crippen molar-refractivity contribution in [3.8, 4) is 5.69 Å². The Hall–Kier alpha value is -2.21. The maximum Gasteiger partial charge on any atom is 0.237 e. The lowest BCUT2D eigenvalue weighted by Crippen LogP contribution is -2.40. The topological polar surface area (TPSA) is 85.8 Å². The monoisotopic (exact) mass is 273 g/mol. The minimum atomic E-state index is -0.422. The number of benzene rings is 1. The van der Waals surface area contributed by atoms with Crippen LogP contribution in [0.15, 0.2) is 36.9 Å². The maximum atomic E-state index is 11.7. The van der Waals surface area contributed by atoms with E-state index in [2.05, 4.69) is 15.4 Å². The van der Waals surface area contributed by atoms with Gasteiger partial charge in [0.2, 0.25) is 5.91 Å². The van der Waals surface area contributed by atoms with Crippen LogP contribution in [0.2, 0.25) is 0 Å². The smallest absolute Gasteiger partial charge is 0.237 e. The Morgan fingerprint density at radius 3 is 2.75 bits per heavy atom. The van der Waals surface area contributed by atoms with E-state index in [9.17, 15) is 4.79 Å². The minimum absolute atomic E-state index is 0.104. The van der Waals surface area contributed by atoms with Gasteiger partial charge < -0.3 is 11.1 Å². The van der Waals surface area contributed by atoms with E-state index >= 15 is 0 Å². The Morgan fingerprint density at radius 1 is 1.40 bits per heavy atom. The van der Waals surface area contributed by atoms with Crippen molar-refractivity contribution in [1.29, 1.82) is 0 Å². The Morgan fingerprint density at radius 2 is 2.15 bits per heavy atom. The molecule has 0 saturated carbocycles. The zero-order valence-corrected chi connectivity index (χ0v) is 11.5. The quantitative estimate of drug-likeness (QED) is 0.822. The normalized spacial score (nSPS) is 12.1. The van der Waals surface area contributed by atoms with Crippen molar-refractivity contribution in [2.75, 3.05) is 0 Å². The van der Waals surface area contributed by atoms with Gasteiger partial charge in [-0.15, -0.1) is 0 Å². The van der Waals surface area contributed by atoms with Crippen LogP contribution in [0.4, 0.5) is 0 Å². The molecule has 1 unspecified atom stereocenters. The van der Waals surface area contributed by atoms with Crippen molar-refractivity contribution in [2.24, 2.45) is 5.73 Å². The van der Waals surface area contributed by atoms with E-state index in [1.54, 1.807) is 11.0 Å². The Kier molecular flexibility index (Phi) is 4.84. The number of hydrogen-bond acceptors (Lipinski definition) is 4. The molecule has 0 spiro atoms. The van der Waals surface area contributed by atoms with Crippen molar-refractivity contribution in [3.05, 3.63) is 42.5 Å². The number of carbonyl (C=O) groups excluding carboxylic acids is 1. The first-order valence-corrected chi connectivity index (χ1v) is 6.68. The molecule has 6 heteroatoms. The van der Waals surface area contributed by atoms with Gasteiger partial charge in [0.05, 0.1) is 11.7 Å². The van der Waals surface area contributed by atoms with Crippen LogP contribution < -0.4 is 11.1 Å². The lowest BCUT2D eigenvalue weighted by Gasteiger charge is -2.11. The standard InChI is InChI=1S/C14H19N5O/c1-2-3-13(15)14(20)17-8-11-4-6-12(7-5-11)19-10-16-9-18-19/h4-7,9-10,13H,2-3,8,15H2,1H3,(H,17,20). The average Bonchev–Trinajstić information content (AvgIpc) is 2.99. The van der Waals surface area contributed by atoms with Crippen molar-refractivity contribution in [3.63, 3.8) is 0 Å². The Bertz CT molecular complexity index is 535. The summed E-state index contributed by atoms with van der Waals surface area (Å²) in [6, 6.07) is 7.34. The maximum absolute atomic E-state index is 11.7. The molecule has 0 saturated heterocycles. The summed E-state index contributed by atoms with van der Waals surface area (Å²) in [6.07, 6.45) is 4.74. The van der Waals surface area contributed by atoms with Gasteiger partial charge in [-0.2, -0.15) is 5.10 Å². The fourth-order valence-electron chi connectivity index (χ4n) is 1.87. The van der Waals surface area contributed by atoms with E-state index in [-0.39, 0.29) is 5.91 Å². The zero-order valence-electron chi connectivity index (χ0n) is 11.5. The highest BCUT2D eigenvalue weighted by atomic mass is 16.2. The van der Waals surface area contributed by atoms with Gasteiger partial charge in [-0.3, -0.25) is 4.79 Å². The molecule has 0 aliphatic rings. The molecule has 0 aliphatic heterocycles. The molecule has 1 aromatic carbocycles. The molecule has 0 bridgehead atoms. The predicted molar refractivity (Wildman–Crippen MR) is 76.1 cm³/mol. The summed E-state index contributed by atoms with van der Waals surface area (Å²) in [7, 11) is 0. The predicted octanol–water partition coefficient (Wildman–Crippen LogP) is 1.01. The first-order chi connectivity index (χ1) is 9.70. The van der Waals surface area contributed by atoms with Crippen molar-refractivity contribution < 1.29 is 4.79 Å². The fourth-order valence-corrected chi connectivity index (χ4v) is 1.87. The van der Waals surface area contributed by atoms with Gasteiger partial charge in [0, 0.05) is 6.54 Å². The van der Waals surface area contributed by atoms with E-state index in [1.165, 1.54) is 6.33 Å². The molecule has 0 radical (unpaired) electrons. The average molecular weight is 273 g/mol. The Balaban J connectivity index is 1.90. The molecule has 20 heavy (non-hydrogen) atoms. The fraction of sp³-hybridized carbons (Fsp3) is 0.357. The number of nitrogens with two attached hydrogens (primary N) is 1. The van der Waals surface area contributed by atoms with Crippen LogP contribution in [0.25, 0.3) is 5.69 Å². The van der Waals surface area contributed by atoms with Gasteiger partial charge >= 0.3 is 0 Å². The third-order valence-electron chi connectivity index (χ3n) is 3.02. The molecule has 106 valence electrons. The second-order valence-electron chi connectivity index (χ2n) is 4.62.